The number of likely N-dealkylation sites (tertiary alicyclic amines) is 1. The van der Waals surface area contributed by atoms with Crippen LogP contribution in [-0.4, -0.2) is 76.7 Å². The number of amides is 3. The zero-order valence-corrected chi connectivity index (χ0v) is 25.1. The number of nitrogens with zero attached hydrogens (tertiary/aromatic N) is 5. The molecule has 2 atom stereocenters. The highest BCUT2D eigenvalue weighted by molar-refractivity contribution is 7.07. The van der Waals surface area contributed by atoms with Crippen molar-refractivity contribution in [2.45, 2.75) is 57.9 Å². The Kier molecular flexibility index (Phi) is 10.3. The fraction of sp³-hybridized carbons (Fsp3) is 0.481. The van der Waals surface area contributed by atoms with Crippen molar-refractivity contribution in [1.82, 2.24) is 35.9 Å². The quantitative estimate of drug-likeness (QED) is 0.368. The van der Waals surface area contributed by atoms with Crippen LogP contribution < -0.4 is 16.1 Å². The monoisotopic (exact) mass is 604 g/mol. The lowest BCUT2D eigenvalue weighted by Gasteiger charge is -2.41. The van der Waals surface area contributed by atoms with Gasteiger partial charge < -0.3 is 25.9 Å². The maximum atomic E-state index is 13.5. The van der Waals surface area contributed by atoms with E-state index in [0.717, 1.165) is 37.9 Å². The Labute approximate surface area is 248 Å². The fourth-order valence-electron chi connectivity index (χ4n) is 5.12. The number of pyridine rings is 1. The largest absolute Gasteiger partial charge is 0.352 e. The minimum atomic E-state index is -0.514. The number of carbonyl (C=O) groups excluding carboxylic acids is 2. The van der Waals surface area contributed by atoms with Crippen LogP contribution in [0.15, 0.2) is 34.7 Å². The molecule has 4 heterocycles. The molecule has 0 aromatic carbocycles. The highest BCUT2D eigenvalue weighted by atomic mass is 35.5. The van der Waals surface area contributed by atoms with Gasteiger partial charge in [0.1, 0.15) is 16.5 Å². The van der Waals surface area contributed by atoms with Gasteiger partial charge in [-0.25, -0.2) is 9.78 Å². The molecule has 0 spiro atoms. The molecule has 3 N–H and O–H groups in total. The zero-order valence-electron chi connectivity index (χ0n) is 22.8. The number of halogens is 2. The summed E-state index contributed by atoms with van der Waals surface area (Å²) in [5.41, 5.74) is 5.55. The molecule has 1 unspecified atom stereocenters. The van der Waals surface area contributed by atoms with Gasteiger partial charge in [-0.15, -0.1) is 0 Å². The van der Waals surface area contributed by atoms with Crippen LogP contribution >= 0.6 is 34.5 Å². The van der Waals surface area contributed by atoms with Crippen LogP contribution in [0.1, 0.15) is 47.7 Å². The van der Waals surface area contributed by atoms with E-state index in [1.165, 1.54) is 0 Å². The molecule has 1 fully saturated rings. The molecule has 2 aliphatic heterocycles. The van der Waals surface area contributed by atoms with E-state index in [2.05, 4.69) is 44.3 Å². The smallest absolute Gasteiger partial charge is 0.319 e. The van der Waals surface area contributed by atoms with Gasteiger partial charge in [0.2, 0.25) is 0 Å². The third-order valence-electron chi connectivity index (χ3n) is 7.47. The van der Waals surface area contributed by atoms with Crippen LogP contribution in [0.4, 0.5) is 4.79 Å². The third-order valence-corrected chi connectivity index (χ3v) is 8.67. The number of rotatable bonds is 9. The van der Waals surface area contributed by atoms with Crippen LogP contribution in [0, 0.1) is 18.3 Å². The van der Waals surface area contributed by atoms with E-state index < -0.39 is 6.17 Å². The first-order valence-electron chi connectivity index (χ1n) is 13.2. The number of urea groups is 1. The lowest BCUT2D eigenvalue weighted by atomic mass is 10.0. The van der Waals surface area contributed by atoms with Gasteiger partial charge in [0.25, 0.3) is 5.91 Å². The van der Waals surface area contributed by atoms with Gasteiger partial charge in [0.15, 0.2) is 0 Å². The molecule has 2 aromatic rings. The molecule has 1 saturated heterocycles. The number of aromatic nitrogens is 1. The van der Waals surface area contributed by atoms with Crippen molar-refractivity contribution in [3.05, 3.63) is 61.7 Å². The average Bonchev–Trinajstić information content (AvgIpc) is 3.56. The normalized spacial score (nSPS) is 18.9. The number of piperidine rings is 1. The maximum absolute atomic E-state index is 13.5. The Bertz CT molecular complexity index is 1250. The van der Waals surface area contributed by atoms with Crippen molar-refractivity contribution in [3.63, 3.8) is 0 Å². The van der Waals surface area contributed by atoms with Gasteiger partial charge >= 0.3 is 6.03 Å². The minimum Gasteiger partial charge on any atom is -0.352 e. The molecule has 0 aliphatic carbocycles. The second kappa shape index (κ2) is 13.7. The summed E-state index contributed by atoms with van der Waals surface area (Å²) in [6, 6.07) is 5.94. The Hall–Kier alpha value is -2.88. The summed E-state index contributed by atoms with van der Waals surface area (Å²) in [4.78, 5) is 34.5. The minimum absolute atomic E-state index is 0.0692. The molecule has 3 amide bonds. The number of carbonyl (C=O) groups is 2. The maximum Gasteiger partial charge on any atom is 0.319 e. The van der Waals surface area contributed by atoms with Gasteiger partial charge in [-0.05, 0) is 67.1 Å². The Balaban J connectivity index is 1.31. The van der Waals surface area contributed by atoms with Crippen molar-refractivity contribution < 1.29 is 9.59 Å². The molecule has 0 saturated carbocycles. The first-order valence-corrected chi connectivity index (χ1v) is 14.9. The Morgan fingerprint density at radius 1 is 1.35 bits per heavy atom. The van der Waals surface area contributed by atoms with Crippen LogP contribution in [0.25, 0.3) is 0 Å². The van der Waals surface area contributed by atoms with Crippen molar-refractivity contribution in [2.75, 3.05) is 26.7 Å². The summed E-state index contributed by atoms with van der Waals surface area (Å²) >= 11 is 13.7. The molecule has 4 rings (SSSR count). The van der Waals surface area contributed by atoms with Gasteiger partial charge in [0.05, 0.1) is 17.2 Å². The van der Waals surface area contributed by atoms with Crippen molar-refractivity contribution in [2.24, 2.45) is 0 Å². The van der Waals surface area contributed by atoms with Crippen molar-refractivity contribution in [3.8, 4) is 6.07 Å². The molecule has 40 heavy (non-hydrogen) atoms. The summed E-state index contributed by atoms with van der Waals surface area (Å²) < 4.78 is 0. The van der Waals surface area contributed by atoms with E-state index >= 15 is 0 Å². The number of likely N-dealkylation sites (N-methyl/N-ethyl adjacent to an activating group) is 1. The van der Waals surface area contributed by atoms with Crippen LogP contribution in [-0.2, 0) is 6.54 Å². The molecule has 10 nitrogen and oxygen atoms in total. The van der Waals surface area contributed by atoms with Gasteiger partial charge in [0, 0.05) is 51.5 Å². The van der Waals surface area contributed by atoms with E-state index in [0.29, 0.717) is 29.8 Å². The second-order valence-corrected chi connectivity index (χ2v) is 11.7. The number of thiophene rings is 1. The molecular formula is C27H34Cl2N8O2S. The van der Waals surface area contributed by atoms with Gasteiger partial charge in [-0.1, -0.05) is 23.2 Å². The molecule has 2 aliphatic rings. The zero-order chi connectivity index (χ0) is 28.8. The highest BCUT2D eigenvalue weighted by Gasteiger charge is 2.33. The molecule has 214 valence electrons. The lowest BCUT2D eigenvalue weighted by molar-refractivity contribution is 0.0880. The van der Waals surface area contributed by atoms with E-state index in [4.69, 9.17) is 23.2 Å². The molecule has 2 aromatic heterocycles. The first-order chi connectivity index (χ1) is 19.2. The van der Waals surface area contributed by atoms with Crippen LogP contribution in [0.5, 0.6) is 0 Å². The summed E-state index contributed by atoms with van der Waals surface area (Å²) in [7, 11) is 1.79. The SMILES string of the molecule is Cc1cc(Cl)nc(Cl)c1C(=O)NCC[C@@H](C)N1CCC(N(Cc2ccsc2)C(=O)NC2C(C#N)=CNN2C)CC1. The lowest BCUT2D eigenvalue weighted by Crippen LogP contribution is -2.56. The van der Waals surface area contributed by atoms with E-state index in [9.17, 15) is 14.9 Å². The van der Waals surface area contributed by atoms with E-state index in [1.807, 2.05) is 16.3 Å². The average molecular weight is 606 g/mol. The Morgan fingerprint density at radius 3 is 2.75 bits per heavy atom. The van der Waals surface area contributed by atoms with Crippen LogP contribution in [0.2, 0.25) is 10.3 Å². The Morgan fingerprint density at radius 2 is 2.10 bits per heavy atom. The predicted octanol–water partition coefficient (Wildman–Crippen LogP) is 4.13. The van der Waals surface area contributed by atoms with Gasteiger partial charge in [-0.2, -0.15) is 21.6 Å². The number of nitriles is 1. The molecule has 0 radical (unpaired) electrons. The van der Waals surface area contributed by atoms with Crippen molar-refractivity contribution >= 4 is 46.5 Å². The van der Waals surface area contributed by atoms with Gasteiger partial charge in [-0.3, -0.25) is 4.79 Å². The van der Waals surface area contributed by atoms with Crippen molar-refractivity contribution in [1.29, 1.82) is 5.26 Å². The number of nitrogens with one attached hydrogen (secondary N) is 3. The third kappa shape index (κ3) is 7.25. The topological polar surface area (TPSA) is 117 Å². The summed E-state index contributed by atoms with van der Waals surface area (Å²) in [6.07, 6.45) is 3.54. The molecule has 0 bridgehead atoms. The van der Waals surface area contributed by atoms with Crippen LogP contribution in [0.3, 0.4) is 0 Å². The standard InChI is InChI=1S/C27H34Cl2N8O2S/c1-17-12-22(28)33-24(29)23(17)26(38)31-8-4-18(2)36-9-5-21(6-10-36)37(15-19-7-11-40-16-19)27(39)34-25-20(13-30)14-32-35(25)3/h7,11-12,14,16,18,21,25,32H,4-6,8-10,15H2,1-3H3,(H,31,38)(H,34,39)/t18-,25?/m1/s1. The first kappa shape index (κ1) is 30.1. The summed E-state index contributed by atoms with van der Waals surface area (Å²) in [6.45, 7) is 6.64. The number of hydrazine groups is 1. The number of hydrogen-bond donors (Lipinski definition) is 3. The fourth-order valence-corrected chi connectivity index (χ4v) is 6.40. The highest BCUT2D eigenvalue weighted by Crippen LogP contribution is 2.24. The van der Waals surface area contributed by atoms with E-state index in [1.54, 1.807) is 42.6 Å². The second-order valence-electron chi connectivity index (χ2n) is 10.2. The van der Waals surface area contributed by atoms with E-state index in [-0.39, 0.29) is 34.3 Å². The summed E-state index contributed by atoms with van der Waals surface area (Å²) in [5, 5.41) is 21.6. The summed E-state index contributed by atoms with van der Waals surface area (Å²) in [5.74, 6) is -0.259. The molecular weight excluding hydrogens is 571 g/mol. The number of aryl methyl sites for hydroxylation is 1. The molecule has 13 heteroatoms. The number of hydrogen-bond acceptors (Lipinski definition) is 8. The predicted molar refractivity (Wildman–Crippen MR) is 157 cm³/mol.